The fourth-order valence-corrected chi connectivity index (χ4v) is 1.90. The third kappa shape index (κ3) is 3.40. The van der Waals surface area contributed by atoms with Gasteiger partial charge >= 0.3 is 0 Å². The lowest BCUT2D eigenvalue weighted by Crippen LogP contribution is -2.34. The molecule has 2 rings (SSSR count). The van der Waals surface area contributed by atoms with Crippen molar-refractivity contribution in [3.8, 4) is 23.1 Å². The fourth-order valence-electron chi connectivity index (χ4n) is 1.90. The normalized spacial score (nSPS) is 13.5. The highest BCUT2D eigenvalue weighted by Crippen LogP contribution is 2.29. The lowest BCUT2D eigenvalue weighted by molar-refractivity contribution is -0.0145. The molecule has 1 heterocycles. The molecule has 0 bridgehead atoms. The molecule has 1 atom stereocenters. The van der Waals surface area contributed by atoms with Gasteiger partial charge in [0.1, 0.15) is 17.0 Å². The predicted molar refractivity (Wildman–Crippen MR) is 75.5 cm³/mol. The van der Waals surface area contributed by atoms with E-state index in [1.54, 1.807) is 31.5 Å². The van der Waals surface area contributed by atoms with Crippen molar-refractivity contribution in [1.82, 2.24) is 9.78 Å². The molecular formula is C15H16N3O3. The van der Waals surface area contributed by atoms with Crippen LogP contribution in [0.5, 0.6) is 5.75 Å². The maximum absolute atomic E-state index is 9.85. The Bertz CT molecular complexity index is 671. The van der Waals surface area contributed by atoms with E-state index in [1.807, 2.05) is 0 Å². The number of hydrogen-bond donors (Lipinski definition) is 2. The number of aromatic nitrogens is 2. The van der Waals surface area contributed by atoms with E-state index in [1.165, 1.54) is 11.6 Å². The molecule has 21 heavy (non-hydrogen) atoms. The third-order valence-corrected chi connectivity index (χ3v) is 3.01. The Morgan fingerprint density at radius 1 is 1.52 bits per heavy atom. The standard InChI is InChI=1S/C15H16N3O3/c1-15(20,10-19)9-18-6-5-13(17-18)12-7-11(8-16)3-4-14(12)21-2/h3-4,6-7,19-20H,9-10H2,1-2H3/t15-/m1/s1. The van der Waals surface area contributed by atoms with Crippen molar-refractivity contribution in [3.05, 3.63) is 36.0 Å². The largest absolute Gasteiger partial charge is 0.496 e. The second kappa shape index (κ2) is 5.95. The number of rotatable bonds is 5. The van der Waals surface area contributed by atoms with Crippen LogP contribution in [0.4, 0.5) is 0 Å². The van der Waals surface area contributed by atoms with Crippen molar-refractivity contribution in [2.75, 3.05) is 13.7 Å². The minimum atomic E-state index is -1.25. The van der Waals surface area contributed by atoms with Crippen LogP contribution in [0.25, 0.3) is 11.3 Å². The molecule has 2 aromatic rings. The summed E-state index contributed by atoms with van der Waals surface area (Å²) in [6.07, 6.45) is 1.58. The van der Waals surface area contributed by atoms with Gasteiger partial charge in [0.2, 0.25) is 0 Å². The molecule has 0 aliphatic carbocycles. The van der Waals surface area contributed by atoms with E-state index in [-0.39, 0.29) is 13.2 Å². The van der Waals surface area contributed by atoms with Crippen LogP contribution in [-0.4, -0.2) is 39.3 Å². The van der Waals surface area contributed by atoms with E-state index in [0.29, 0.717) is 22.6 Å². The quantitative estimate of drug-likeness (QED) is 0.854. The summed E-state index contributed by atoms with van der Waals surface area (Å²) in [5.41, 5.74) is 0.406. The molecule has 0 saturated carbocycles. The van der Waals surface area contributed by atoms with Gasteiger partial charge in [0.05, 0.1) is 31.9 Å². The highest BCUT2D eigenvalue weighted by molar-refractivity contribution is 5.68. The van der Waals surface area contributed by atoms with Crippen LogP contribution in [0.2, 0.25) is 0 Å². The smallest absolute Gasteiger partial charge is 0.128 e. The van der Waals surface area contributed by atoms with Gasteiger partial charge in [-0.2, -0.15) is 10.4 Å². The van der Waals surface area contributed by atoms with Crippen molar-refractivity contribution in [1.29, 1.82) is 5.26 Å². The average molecular weight is 286 g/mol. The zero-order valence-electron chi connectivity index (χ0n) is 11.9. The highest BCUT2D eigenvalue weighted by atomic mass is 16.5. The molecule has 1 aromatic heterocycles. The minimum Gasteiger partial charge on any atom is -0.496 e. The number of nitriles is 1. The first-order valence-corrected chi connectivity index (χ1v) is 6.36. The first kappa shape index (κ1) is 15.0. The summed E-state index contributed by atoms with van der Waals surface area (Å²) in [6, 6.07) is 10.1. The van der Waals surface area contributed by atoms with Gasteiger partial charge < -0.3 is 14.9 Å². The molecule has 0 spiro atoms. The maximum Gasteiger partial charge on any atom is 0.128 e. The first-order valence-electron chi connectivity index (χ1n) is 6.36. The number of benzene rings is 1. The Morgan fingerprint density at radius 3 is 2.90 bits per heavy atom. The Hall–Kier alpha value is -2.36. The molecule has 109 valence electrons. The molecule has 0 saturated heterocycles. The number of hydrogen-bond acceptors (Lipinski definition) is 5. The monoisotopic (exact) mass is 286 g/mol. The Balaban J connectivity index is 2.35. The lowest BCUT2D eigenvalue weighted by atomic mass is 10.1. The molecule has 0 aliphatic heterocycles. The van der Waals surface area contributed by atoms with E-state index in [2.05, 4.69) is 17.2 Å². The van der Waals surface area contributed by atoms with Gasteiger partial charge in [0.15, 0.2) is 0 Å². The molecule has 0 fully saturated rings. The molecule has 0 amide bonds. The van der Waals surface area contributed by atoms with Crippen LogP contribution in [0.1, 0.15) is 12.5 Å². The molecular weight excluding hydrogens is 270 g/mol. The second-order valence-electron chi connectivity index (χ2n) is 5.00. The molecule has 0 aliphatic rings. The number of aliphatic hydroxyl groups is 2. The minimum absolute atomic E-state index is 0.139. The summed E-state index contributed by atoms with van der Waals surface area (Å²) in [6.45, 7) is 1.29. The number of nitrogens with zero attached hydrogens (tertiary/aromatic N) is 3. The summed E-state index contributed by atoms with van der Waals surface area (Å²) in [5, 5.41) is 32.2. The van der Waals surface area contributed by atoms with Crippen LogP contribution in [0.3, 0.4) is 0 Å². The summed E-state index contributed by atoms with van der Waals surface area (Å²) in [7, 11) is 1.54. The van der Waals surface area contributed by atoms with E-state index in [4.69, 9.17) is 15.1 Å². The van der Waals surface area contributed by atoms with E-state index in [0.717, 1.165) is 0 Å². The summed E-state index contributed by atoms with van der Waals surface area (Å²) in [4.78, 5) is 0. The van der Waals surface area contributed by atoms with Crippen molar-refractivity contribution >= 4 is 0 Å². The number of ether oxygens (including phenoxy) is 1. The van der Waals surface area contributed by atoms with Gasteiger partial charge in [-0.25, -0.2) is 0 Å². The first-order chi connectivity index (χ1) is 9.99. The maximum atomic E-state index is 9.85. The SMILES string of the molecule is COc1ccc(C#N)cc1-c1[c]cn(C[C@@](C)(O)CO)n1. The van der Waals surface area contributed by atoms with Gasteiger partial charge in [-0.3, -0.25) is 4.68 Å². The molecule has 2 N–H and O–H groups in total. The average Bonchev–Trinajstić information content (AvgIpc) is 2.94. The van der Waals surface area contributed by atoms with Gasteiger partial charge in [0, 0.05) is 17.8 Å². The Kier molecular flexibility index (Phi) is 4.26. The molecule has 1 aromatic carbocycles. The van der Waals surface area contributed by atoms with Crippen LogP contribution in [-0.2, 0) is 6.54 Å². The highest BCUT2D eigenvalue weighted by Gasteiger charge is 2.21. The molecule has 1 radical (unpaired) electrons. The summed E-state index contributed by atoms with van der Waals surface area (Å²) >= 11 is 0. The van der Waals surface area contributed by atoms with Crippen molar-refractivity contribution in [3.63, 3.8) is 0 Å². The van der Waals surface area contributed by atoms with Gasteiger partial charge in [-0.1, -0.05) is 0 Å². The van der Waals surface area contributed by atoms with Crippen molar-refractivity contribution in [2.45, 2.75) is 19.1 Å². The van der Waals surface area contributed by atoms with E-state index in [9.17, 15) is 5.11 Å². The van der Waals surface area contributed by atoms with Gasteiger partial charge in [0.25, 0.3) is 0 Å². The Labute approximate surface area is 122 Å². The molecule has 6 nitrogen and oxygen atoms in total. The van der Waals surface area contributed by atoms with Crippen LogP contribution >= 0.6 is 0 Å². The summed E-state index contributed by atoms with van der Waals surface area (Å²) < 4.78 is 6.75. The van der Waals surface area contributed by atoms with E-state index < -0.39 is 5.60 Å². The number of methoxy groups -OCH3 is 1. The second-order valence-corrected chi connectivity index (χ2v) is 5.00. The topological polar surface area (TPSA) is 91.3 Å². The summed E-state index contributed by atoms with van der Waals surface area (Å²) in [5.74, 6) is 0.587. The fraction of sp³-hybridized carbons (Fsp3) is 0.333. The zero-order chi connectivity index (χ0) is 15.5. The molecule has 6 heteroatoms. The molecule has 0 unspecified atom stereocenters. The third-order valence-electron chi connectivity index (χ3n) is 3.01. The van der Waals surface area contributed by atoms with Crippen molar-refractivity contribution < 1.29 is 14.9 Å². The zero-order valence-corrected chi connectivity index (χ0v) is 11.9. The predicted octanol–water partition coefficient (Wildman–Crippen LogP) is 0.974. The van der Waals surface area contributed by atoms with Crippen LogP contribution in [0, 0.1) is 17.4 Å². The van der Waals surface area contributed by atoms with Gasteiger partial charge in [-0.15, -0.1) is 0 Å². The van der Waals surface area contributed by atoms with Gasteiger partial charge in [-0.05, 0) is 25.1 Å². The van der Waals surface area contributed by atoms with E-state index >= 15 is 0 Å². The lowest BCUT2D eigenvalue weighted by Gasteiger charge is -2.19. The van der Waals surface area contributed by atoms with Crippen LogP contribution < -0.4 is 4.74 Å². The van der Waals surface area contributed by atoms with Crippen LogP contribution in [0.15, 0.2) is 24.4 Å². The van der Waals surface area contributed by atoms with Crippen molar-refractivity contribution in [2.24, 2.45) is 0 Å². The Morgan fingerprint density at radius 2 is 2.29 bits per heavy atom. The number of aliphatic hydroxyl groups excluding tert-OH is 1.